The molecule has 0 atom stereocenters. The number of esters is 1. The molecule has 0 saturated carbocycles. The first kappa shape index (κ1) is 9.45. The summed E-state index contributed by atoms with van der Waals surface area (Å²) >= 11 is 0. The lowest BCUT2D eigenvalue weighted by molar-refractivity contribution is -0.133. The first-order valence-electron chi connectivity index (χ1n) is 3.69. The Bertz CT molecular complexity index is 345. The van der Waals surface area contributed by atoms with Crippen molar-refractivity contribution in [3.05, 3.63) is 42.2 Å². The van der Waals surface area contributed by atoms with Gasteiger partial charge in [0.05, 0.1) is 12.7 Å². The second-order valence-corrected chi connectivity index (χ2v) is 2.45. The van der Waals surface area contributed by atoms with Gasteiger partial charge < -0.3 is 4.74 Å². The molecule has 0 radical (unpaired) electrons. The van der Waals surface area contributed by atoms with E-state index in [0.717, 1.165) is 0 Å². The Morgan fingerprint density at radius 2 is 2.08 bits per heavy atom. The molecule has 1 aromatic rings. The number of ether oxygens (including phenoxy) is 1. The normalized spacial score (nSPS) is 9.38. The van der Waals surface area contributed by atoms with E-state index in [-0.39, 0.29) is 11.1 Å². The van der Waals surface area contributed by atoms with Crippen molar-refractivity contribution in [2.75, 3.05) is 7.11 Å². The van der Waals surface area contributed by atoms with E-state index in [1.807, 2.05) is 0 Å². The maximum Gasteiger partial charge on any atom is 0.337 e. The van der Waals surface area contributed by atoms with Crippen molar-refractivity contribution in [3.63, 3.8) is 0 Å². The van der Waals surface area contributed by atoms with Crippen LogP contribution in [0.15, 0.2) is 30.8 Å². The summed E-state index contributed by atoms with van der Waals surface area (Å²) in [6.07, 6.45) is 0. The summed E-state index contributed by atoms with van der Waals surface area (Å²) in [6.45, 7) is 3.44. The molecule has 1 rings (SSSR count). The van der Waals surface area contributed by atoms with Crippen molar-refractivity contribution in [1.82, 2.24) is 0 Å². The van der Waals surface area contributed by atoms with Crippen LogP contribution in [0.2, 0.25) is 0 Å². The number of methoxy groups -OCH3 is 1. The highest BCUT2D eigenvalue weighted by Crippen LogP contribution is 2.16. The predicted molar refractivity (Wildman–Crippen MR) is 47.5 cm³/mol. The van der Waals surface area contributed by atoms with Crippen LogP contribution < -0.4 is 0 Å². The molecule has 2 nitrogen and oxygen atoms in total. The second-order valence-electron chi connectivity index (χ2n) is 2.45. The van der Waals surface area contributed by atoms with Crippen LogP contribution in [0.25, 0.3) is 5.57 Å². The maximum absolute atomic E-state index is 13.1. The molecule has 0 aromatic heterocycles. The van der Waals surface area contributed by atoms with E-state index in [1.165, 1.54) is 19.2 Å². The third-order valence-electron chi connectivity index (χ3n) is 1.63. The molecule has 0 saturated heterocycles. The van der Waals surface area contributed by atoms with Crippen LogP contribution in [0, 0.1) is 5.82 Å². The van der Waals surface area contributed by atoms with Crippen LogP contribution >= 0.6 is 0 Å². The Morgan fingerprint density at radius 1 is 1.46 bits per heavy atom. The molecule has 0 amide bonds. The van der Waals surface area contributed by atoms with Crippen LogP contribution in [0.5, 0.6) is 0 Å². The molecule has 68 valence electrons. The zero-order valence-corrected chi connectivity index (χ0v) is 7.21. The van der Waals surface area contributed by atoms with Crippen LogP contribution in [0.4, 0.5) is 4.39 Å². The van der Waals surface area contributed by atoms with Crippen molar-refractivity contribution in [2.45, 2.75) is 0 Å². The van der Waals surface area contributed by atoms with Gasteiger partial charge >= 0.3 is 5.97 Å². The molecule has 0 unspecified atom stereocenters. The van der Waals surface area contributed by atoms with Gasteiger partial charge in [0.2, 0.25) is 0 Å². The van der Waals surface area contributed by atoms with Gasteiger partial charge in [-0.05, 0) is 6.07 Å². The molecule has 0 aliphatic carbocycles. The summed E-state index contributed by atoms with van der Waals surface area (Å²) in [5, 5.41) is 0. The number of hydrogen-bond donors (Lipinski definition) is 0. The molecule has 1 aromatic carbocycles. The number of carbonyl (C=O) groups excluding carboxylic acids is 1. The molecule has 3 heteroatoms. The summed E-state index contributed by atoms with van der Waals surface area (Å²) < 4.78 is 17.5. The number of rotatable bonds is 2. The quantitative estimate of drug-likeness (QED) is 0.514. The molecular weight excluding hydrogens is 171 g/mol. The number of benzene rings is 1. The van der Waals surface area contributed by atoms with Crippen LogP contribution in [-0.4, -0.2) is 13.1 Å². The molecule has 0 N–H and O–H groups in total. The minimum absolute atomic E-state index is 0.0283. The third kappa shape index (κ3) is 1.93. The SMILES string of the molecule is C=C(C(=O)OC)c1ccccc1F. The van der Waals surface area contributed by atoms with Gasteiger partial charge in [-0.1, -0.05) is 24.8 Å². The Balaban J connectivity index is 3.02. The van der Waals surface area contributed by atoms with Gasteiger partial charge in [-0.3, -0.25) is 0 Å². The Morgan fingerprint density at radius 3 is 2.62 bits per heavy atom. The van der Waals surface area contributed by atoms with Gasteiger partial charge in [0.1, 0.15) is 5.82 Å². The first-order chi connectivity index (χ1) is 6.16. The average molecular weight is 180 g/mol. The number of halogens is 1. The second kappa shape index (κ2) is 3.85. The van der Waals surface area contributed by atoms with E-state index in [4.69, 9.17) is 0 Å². The molecule has 0 aliphatic heterocycles. The minimum atomic E-state index is -0.620. The van der Waals surface area contributed by atoms with E-state index in [0.29, 0.717) is 0 Å². The molecule has 0 fully saturated rings. The fourth-order valence-corrected chi connectivity index (χ4v) is 0.939. The predicted octanol–water partition coefficient (Wildman–Crippen LogP) is 2.01. The fourth-order valence-electron chi connectivity index (χ4n) is 0.939. The van der Waals surface area contributed by atoms with Crippen molar-refractivity contribution >= 4 is 11.5 Å². The summed E-state index contributed by atoms with van der Waals surface area (Å²) in [5.41, 5.74) is 0.204. The lowest BCUT2D eigenvalue weighted by atomic mass is 10.1. The van der Waals surface area contributed by atoms with Crippen molar-refractivity contribution in [2.24, 2.45) is 0 Å². The van der Waals surface area contributed by atoms with Crippen molar-refractivity contribution in [3.8, 4) is 0 Å². The average Bonchev–Trinajstić information content (AvgIpc) is 2.16. The monoisotopic (exact) mass is 180 g/mol. The van der Waals surface area contributed by atoms with E-state index in [1.54, 1.807) is 12.1 Å². The smallest absolute Gasteiger partial charge is 0.337 e. The zero-order valence-electron chi connectivity index (χ0n) is 7.21. The largest absolute Gasteiger partial charge is 0.465 e. The Labute approximate surface area is 75.6 Å². The molecule has 0 bridgehead atoms. The van der Waals surface area contributed by atoms with Crippen LogP contribution in [-0.2, 0) is 9.53 Å². The highest BCUT2D eigenvalue weighted by Gasteiger charge is 2.12. The van der Waals surface area contributed by atoms with Gasteiger partial charge in [0, 0.05) is 5.56 Å². The molecule has 13 heavy (non-hydrogen) atoms. The van der Waals surface area contributed by atoms with Crippen LogP contribution in [0.3, 0.4) is 0 Å². The number of hydrogen-bond acceptors (Lipinski definition) is 2. The molecule has 0 spiro atoms. The highest BCUT2D eigenvalue weighted by molar-refractivity contribution is 6.15. The van der Waals surface area contributed by atoms with E-state index in [2.05, 4.69) is 11.3 Å². The fraction of sp³-hybridized carbons (Fsp3) is 0.100. The van der Waals surface area contributed by atoms with Gasteiger partial charge in [0.15, 0.2) is 0 Å². The zero-order chi connectivity index (χ0) is 9.84. The van der Waals surface area contributed by atoms with Gasteiger partial charge in [0.25, 0.3) is 0 Å². The number of carbonyl (C=O) groups is 1. The summed E-state index contributed by atoms with van der Waals surface area (Å²) in [4.78, 5) is 11.0. The highest BCUT2D eigenvalue weighted by atomic mass is 19.1. The standard InChI is InChI=1S/C10H9FO2/c1-7(10(12)13-2)8-5-3-4-6-9(8)11/h3-6H,1H2,2H3. The first-order valence-corrected chi connectivity index (χ1v) is 3.69. The van der Waals surface area contributed by atoms with E-state index >= 15 is 0 Å². The Hall–Kier alpha value is -1.64. The topological polar surface area (TPSA) is 26.3 Å². The molecule has 0 aliphatic rings. The maximum atomic E-state index is 13.1. The third-order valence-corrected chi connectivity index (χ3v) is 1.63. The Kier molecular flexibility index (Phi) is 2.80. The summed E-state index contributed by atoms with van der Waals surface area (Å²) in [5.74, 6) is -1.09. The minimum Gasteiger partial charge on any atom is -0.465 e. The molecular formula is C10H9FO2. The van der Waals surface area contributed by atoms with E-state index < -0.39 is 11.8 Å². The van der Waals surface area contributed by atoms with Gasteiger partial charge in [-0.2, -0.15) is 0 Å². The summed E-state index contributed by atoms with van der Waals surface area (Å²) in [7, 11) is 1.23. The van der Waals surface area contributed by atoms with Gasteiger partial charge in [-0.15, -0.1) is 0 Å². The van der Waals surface area contributed by atoms with Crippen molar-refractivity contribution < 1.29 is 13.9 Å². The lowest BCUT2D eigenvalue weighted by Crippen LogP contribution is -2.03. The lowest BCUT2D eigenvalue weighted by Gasteiger charge is -2.03. The van der Waals surface area contributed by atoms with Crippen LogP contribution in [0.1, 0.15) is 5.56 Å². The molecule has 0 heterocycles. The van der Waals surface area contributed by atoms with E-state index in [9.17, 15) is 9.18 Å². The summed E-state index contributed by atoms with van der Waals surface area (Å²) in [6, 6.07) is 5.92. The van der Waals surface area contributed by atoms with Crippen molar-refractivity contribution in [1.29, 1.82) is 0 Å². The van der Waals surface area contributed by atoms with Gasteiger partial charge in [-0.25, -0.2) is 9.18 Å².